The Kier molecular flexibility index (Phi) is 5.77. The predicted molar refractivity (Wildman–Crippen MR) is 85.7 cm³/mol. The molecule has 0 fully saturated rings. The molecule has 2 nitrogen and oxygen atoms in total. The molecular weight excluding hydrogens is 260 g/mol. The van der Waals surface area contributed by atoms with E-state index in [4.69, 9.17) is 4.74 Å². The summed E-state index contributed by atoms with van der Waals surface area (Å²) in [6, 6.07) is 18.4. The molecule has 0 N–H and O–H groups in total. The van der Waals surface area contributed by atoms with E-state index in [1.807, 2.05) is 24.3 Å². The lowest BCUT2D eigenvalue weighted by Crippen LogP contribution is -1.98. The van der Waals surface area contributed by atoms with Gasteiger partial charge in [-0.25, -0.2) is 0 Å². The summed E-state index contributed by atoms with van der Waals surface area (Å²) in [6.07, 6.45) is 6.35. The summed E-state index contributed by atoms with van der Waals surface area (Å²) >= 11 is 0. The van der Waals surface area contributed by atoms with Gasteiger partial charge in [0.15, 0.2) is 0 Å². The summed E-state index contributed by atoms with van der Waals surface area (Å²) in [7, 11) is 1.66. The van der Waals surface area contributed by atoms with E-state index in [0.717, 1.165) is 24.9 Å². The molecule has 0 radical (unpaired) electrons. The Balaban J connectivity index is 2.09. The van der Waals surface area contributed by atoms with Crippen LogP contribution in [-0.2, 0) is 11.2 Å². The number of aryl methyl sites for hydroxylation is 1. The molecule has 2 aromatic rings. The monoisotopic (exact) mass is 280 g/mol. The summed E-state index contributed by atoms with van der Waals surface area (Å²) in [6.45, 7) is 0. The Labute approximate surface area is 126 Å². The van der Waals surface area contributed by atoms with Gasteiger partial charge < -0.3 is 4.74 Å². The van der Waals surface area contributed by atoms with Crippen molar-refractivity contribution in [3.05, 3.63) is 77.9 Å². The smallest absolute Gasteiger partial charge is 0.142 e. The number of benzene rings is 2. The zero-order chi connectivity index (χ0) is 14.9. The van der Waals surface area contributed by atoms with Gasteiger partial charge in [-0.1, -0.05) is 48.5 Å². The van der Waals surface area contributed by atoms with Crippen LogP contribution in [0.25, 0.3) is 0 Å². The van der Waals surface area contributed by atoms with Gasteiger partial charge in [0.2, 0.25) is 0 Å². The molecule has 0 aliphatic rings. The molecule has 1 atom stereocenters. The third kappa shape index (κ3) is 4.60. The zero-order valence-electron chi connectivity index (χ0n) is 12.2. The molecule has 0 heterocycles. The van der Waals surface area contributed by atoms with Crippen LogP contribution in [0.4, 0.5) is 0 Å². The minimum Gasteiger partial charge on any atom is -0.497 e. The molecule has 0 aliphatic heterocycles. The maximum atomic E-state index is 10.6. The van der Waals surface area contributed by atoms with Crippen molar-refractivity contribution in [2.75, 3.05) is 7.11 Å². The van der Waals surface area contributed by atoms with Crippen molar-refractivity contribution in [3.63, 3.8) is 0 Å². The SMILES string of the molecule is COc1ccc([C@H](/C=C/C=O)CCc2ccccc2)cc1. The number of ether oxygens (including phenoxy) is 1. The second-order valence-electron chi connectivity index (χ2n) is 4.92. The Morgan fingerprint density at radius 1 is 1.05 bits per heavy atom. The Bertz CT molecular complexity index is 570. The molecule has 108 valence electrons. The molecule has 21 heavy (non-hydrogen) atoms. The summed E-state index contributed by atoms with van der Waals surface area (Å²) in [4.78, 5) is 10.6. The van der Waals surface area contributed by atoms with Crippen LogP contribution in [0.3, 0.4) is 0 Å². The quantitative estimate of drug-likeness (QED) is 0.562. The van der Waals surface area contributed by atoms with E-state index in [2.05, 4.69) is 36.4 Å². The molecule has 2 aromatic carbocycles. The highest BCUT2D eigenvalue weighted by atomic mass is 16.5. The van der Waals surface area contributed by atoms with Crippen molar-refractivity contribution in [2.45, 2.75) is 18.8 Å². The molecule has 0 saturated carbocycles. The first-order valence-corrected chi connectivity index (χ1v) is 7.13. The third-order valence-corrected chi connectivity index (χ3v) is 3.55. The van der Waals surface area contributed by atoms with Crippen molar-refractivity contribution < 1.29 is 9.53 Å². The number of hydrogen-bond donors (Lipinski definition) is 0. The molecule has 2 heteroatoms. The van der Waals surface area contributed by atoms with Gasteiger partial charge in [0, 0.05) is 5.92 Å². The molecule has 0 amide bonds. The maximum absolute atomic E-state index is 10.6. The molecule has 0 bridgehead atoms. The van der Waals surface area contributed by atoms with Crippen molar-refractivity contribution in [3.8, 4) is 5.75 Å². The van der Waals surface area contributed by atoms with E-state index in [0.29, 0.717) is 0 Å². The van der Waals surface area contributed by atoms with E-state index < -0.39 is 0 Å². The average Bonchev–Trinajstić information content (AvgIpc) is 2.56. The lowest BCUT2D eigenvalue weighted by molar-refractivity contribution is -0.104. The van der Waals surface area contributed by atoms with Crippen LogP contribution >= 0.6 is 0 Å². The van der Waals surface area contributed by atoms with Crippen molar-refractivity contribution in [1.29, 1.82) is 0 Å². The van der Waals surface area contributed by atoms with Gasteiger partial charge in [-0.15, -0.1) is 0 Å². The number of rotatable bonds is 7. The lowest BCUT2D eigenvalue weighted by atomic mass is 9.92. The molecule has 0 unspecified atom stereocenters. The predicted octanol–water partition coefficient (Wildman–Crippen LogP) is 4.17. The van der Waals surface area contributed by atoms with Crippen LogP contribution in [-0.4, -0.2) is 13.4 Å². The fraction of sp³-hybridized carbons (Fsp3) is 0.211. The second-order valence-corrected chi connectivity index (χ2v) is 4.92. The van der Waals surface area contributed by atoms with E-state index in [1.54, 1.807) is 13.2 Å². The van der Waals surface area contributed by atoms with Gasteiger partial charge in [-0.2, -0.15) is 0 Å². The number of carbonyl (C=O) groups is 1. The number of hydrogen-bond acceptors (Lipinski definition) is 2. The first kappa shape index (κ1) is 15.0. The first-order chi connectivity index (χ1) is 10.3. The van der Waals surface area contributed by atoms with Crippen LogP contribution in [0.1, 0.15) is 23.5 Å². The zero-order valence-corrected chi connectivity index (χ0v) is 12.2. The highest BCUT2D eigenvalue weighted by Gasteiger charge is 2.08. The normalized spacial score (nSPS) is 12.2. The van der Waals surface area contributed by atoms with Crippen LogP contribution in [0, 0.1) is 0 Å². The van der Waals surface area contributed by atoms with E-state index in [1.165, 1.54) is 11.1 Å². The van der Waals surface area contributed by atoms with Crippen LogP contribution in [0.2, 0.25) is 0 Å². The first-order valence-electron chi connectivity index (χ1n) is 7.13. The molecular formula is C19H20O2. The minimum absolute atomic E-state index is 0.237. The molecule has 0 spiro atoms. The van der Waals surface area contributed by atoms with Gasteiger partial charge in [0.1, 0.15) is 12.0 Å². The fourth-order valence-corrected chi connectivity index (χ4v) is 2.37. The van der Waals surface area contributed by atoms with E-state index in [-0.39, 0.29) is 5.92 Å². The minimum atomic E-state index is 0.237. The van der Waals surface area contributed by atoms with Crippen LogP contribution < -0.4 is 4.74 Å². The van der Waals surface area contributed by atoms with Crippen LogP contribution in [0.5, 0.6) is 5.75 Å². The topological polar surface area (TPSA) is 26.3 Å². The highest BCUT2D eigenvalue weighted by Crippen LogP contribution is 2.25. The van der Waals surface area contributed by atoms with Gasteiger partial charge in [-0.3, -0.25) is 4.79 Å². The van der Waals surface area contributed by atoms with Gasteiger partial charge in [0.05, 0.1) is 7.11 Å². The highest BCUT2D eigenvalue weighted by molar-refractivity contribution is 5.65. The number of aldehydes is 1. The Hall–Kier alpha value is -2.35. The lowest BCUT2D eigenvalue weighted by Gasteiger charge is -2.14. The maximum Gasteiger partial charge on any atom is 0.142 e. The molecule has 0 aliphatic carbocycles. The van der Waals surface area contributed by atoms with E-state index in [9.17, 15) is 4.79 Å². The molecule has 0 saturated heterocycles. The van der Waals surface area contributed by atoms with Gasteiger partial charge >= 0.3 is 0 Å². The summed E-state index contributed by atoms with van der Waals surface area (Å²) in [5.41, 5.74) is 2.51. The van der Waals surface area contributed by atoms with Crippen molar-refractivity contribution in [2.24, 2.45) is 0 Å². The Morgan fingerprint density at radius 2 is 1.76 bits per heavy atom. The van der Waals surface area contributed by atoms with E-state index >= 15 is 0 Å². The average molecular weight is 280 g/mol. The molecule has 0 aromatic heterocycles. The van der Waals surface area contributed by atoms with Gasteiger partial charge in [0.25, 0.3) is 0 Å². The number of carbonyl (C=O) groups excluding carboxylic acids is 1. The third-order valence-electron chi connectivity index (χ3n) is 3.55. The summed E-state index contributed by atoms with van der Waals surface area (Å²) in [5.74, 6) is 1.08. The summed E-state index contributed by atoms with van der Waals surface area (Å²) in [5, 5.41) is 0. The van der Waals surface area contributed by atoms with Gasteiger partial charge in [-0.05, 0) is 42.2 Å². The second kappa shape index (κ2) is 8.05. The Morgan fingerprint density at radius 3 is 2.38 bits per heavy atom. The summed E-state index contributed by atoms with van der Waals surface area (Å²) < 4.78 is 5.19. The largest absolute Gasteiger partial charge is 0.497 e. The van der Waals surface area contributed by atoms with Crippen LogP contribution in [0.15, 0.2) is 66.7 Å². The molecule has 2 rings (SSSR count). The van der Waals surface area contributed by atoms with Crippen molar-refractivity contribution >= 4 is 6.29 Å². The van der Waals surface area contributed by atoms with Crippen molar-refractivity contribution in [1.82, 2.24) is 0 Å². The number of methoxy groups -OCH3 is 1. The standard InChI is InChI=1S/C19H20O2/c1-21-19-13-11-18(12-14-19)17(8-5-15-20)10-9-16-6-3-2-4-7-16/h2-8,11-15,17H,9-10H2,1H3/b8-5+/t17-/m1/s1. The fourth-order valence-electron chi connectivity index (χ4n) is 2.37. The number of allylic oxidation sites excluding steroid dienone is 2.